The molecular weight excluding hydrogens is 222 g/mol. The fourth-order valence-corrected chi connectivity index (χ4v) is 1.64. The molecule has 0 unspecified atom stereocenters. The number of nitrogens with one attached hydrogen (secondary N) is 1. The molecule has 1 rings (SSSR count). The van der Waals surface area contributed by atoms with Gasteiger partial charge in [0.15, 0.2) is 0 Å². The maximum absolute atomic E-state index is 11.5. The van der Waals surface area contributed by atoms with Gasteiger partial charge in [0.05, 0.1) is 11.5 Å². The van der Waals surface area contributed by atoms with Crippen LogP contribution in [0.1, 0.15) is 34.1 Å². The number of aliphatic carboxylic acids is 1. The van der Waals surface area contributed by atoms with Crippen molar-refractivity contribution in [1.29, 1.82) is 0 Å². The minimum absolute atomic E-state index is 0.286. The minimum atomic E-state index is -0.903. The van der Waals surface area contributed by atoms with Gasteiger partial charge in [-0.3, -0.25) is 4.79 Å². The first kappa shape index (κ1) is 13.5. The van der Waals surface area contributed by atoms with Gasteiger partial charge in [-0.1, -0.05) is 12.2 Å². The Morgan fingerprint density at radius 2 is 2.06 bits per heavy atom. The lowest BCUT2D eigenvalue weighted by Gasteiger charge is -2.22. The van der Waals surface area contributed by atoms with Crippen LogP contribution in [0.4, 0.5) is 4.79 Å². The van der Waals surface area contributed by atoms with Crippen LogP contribution in [0.5, 0.6) is 0 Å². The van der Waals surface area contributed by atoms with Gasteiger partial charge in [-0.2, -0.15) is 0 Å². The number of alkyl carbamates (subject to hydrolysis) is 1. The highest BCUT2D eigenvalue weighted by atomic mass is 16.6. The Kier molecular flexibility index (Phi) is 3.50. The number of hydrogen-bond donors (Lipinski definition) is 2. The van der Waals surface area contributed by atoms with Crippen molar-refractivity contribution < 1.29 is 19.4 Å². The number of carbonyl (C=O) groups excluding carboxylic acids is 1. The van der Waals surface area contributed by atoms with Gasteiger partial charge in [-0.25, -0.2) is 4.79 Å². The third-order valence-electron chi connectivity index (χ3n) is 2.53. The molecule has 0 saturated carbocycles. The van der Waals surface area contributed by atoms with Crippen LogP contribution in [-0.2, 0) is 9.53 Å². The van der Waals surface area contributed by atoms with E-state index in [0.717, 1.165) is 0 Å². The van der Waals surface area contributed by atoms with E-state index in [2.05, 4.69) is 5.32 Å². The molecule has 2 atom stereocenters. The highest BCUT2D eigenvalue weighted by molar-refractivity contribution is 5.78. The van der Waals surface area contributed by atoms with E-state index in [0.29, 0.717) is 6.42 Å². The number of amides is 1. The molecule has 96 valence electrons. The summed E-state index contributed by atoms with van der Waals surface area (Å²) in [4.78, 5) is 22.5. The Balaban J connectivity index is 2.50. The summed E-state index contributed by atoms with van der Waals surface area (Å²) in [6.45, 7) is 6.96. The maximum Gasteiger partial charge on any atom is 0.408 e. The van der Waals surface area contributed by atoms with Crippen molar-refractivity contribution in [2.24, 2.45) is 5.41 Å². The van der Waals surface area contributed by atoms with Crippen LogP contribution in [0.25, 0.3) is 0 Å². The lowest BCUT2D eigenvalue weighted by atomic mass is 9.90. The van der Waals surface area contributed by atoms with Gasteiger partial charge < -0.3 is 15.2 Å². The average molecular weight is 241 g/mol. The summed E-state index contributed by atoms with van der Waals surface area (Å²) in [5.41, 5.74) is -1.46. The van der Waals surface area contributed by atoms with Crippen LogP contribution in [0.2, 0.25) is 0 Å². The van der Waals surface area contributed by atoms with Crippen molar-refractivity contribution in [3.63, 3.8) is 0 Å². The second-order valence-electron chi connectivity index (χ2n) is 5.54. The van der Waals surface area contributed by atoms with Gasteiger partial charge in [-0.05, 0) is 34.1 Å². The molecule has 0 aliphatic heterocycles. The van der Waals surface area contributed by atoms with Crippen LogP contribution in [0.3, 0.4) is 0 Å². The summed E-state index contributed by atoms with van der Waals surface area (Å²) in [7, 11) is 0. The second-order valence-corrected chi connectivity index (χ2v) is 5.54. The Morgan fingerprint density at radius 1 is 1.47 bits per heavy atom. The number of carboxylic acid groups (broad SMARTS) is 1. The van der Waals surface area contributed by atoms with Gasteiger partial charge in [0, 0.05) is 0 Å². The topological polar surface area (TPSA) is 75.6 Å². The van der Waals surface area contributed by atoms with E-state index in [9.17, 15) is 9.59 Å². The van der Waals surface area contributed by atoms with Crippen LogP contribution >= 0.6 is 0 Å². The smallest absolute Gasteiger partial charge is 0.408 e. The minimum Gasteiger partial charge on any atom is -0.481 e. The molecule has 5 nitrogen and oxygen atoms in total. The van der Waals surface area contributed by atoms with Crippen LogP contribution in [0.15, 0.2) is 12.2 Å². The third-order valence-corrected chi connectivity index (χ3v) is 2.53. The monoisotopic (exact) mass is 241 g/mol. The normalized spacial score (nSPS) is 27.9. The third kappa shape index (κ3) is 3.76. The van der Waals surface area contributed by atoms with Gasteiger partial charge >= 0.3 is 12.1 Å². The first-order chi connectivity index (χ1) is 7.62. The summed E-state index contributed by atoms with van der Waals surface area (Å²) in [5, 5.41) is 11.6. The van der Waals surface area contributed by atoms with Crippen LogP contribution in [-0.4, -0.2) is 28.8 Å². The van der Waals surface area contributed by atoms with Crippen molar-refractivity contribution in [1.82, 2.24) is 5.32 Å². The highest BCUT2D eigenvalue weighted by Gasteiger charge is 2.37. The highest BCUT2D eigenvalue weighted by Crippen LogP contribution is 2.31. The van der Waals surface area contributed by atoms with E-state index in [-0.39, 0.29) is 6.04 Å². The number of ether oxygens (including phenoxy) is 1. The largest absolute Gasteiger partial charge is 0.481 e. The van der Waals surface area contributed by atoms with E-state index in [1.807, 2.05) is 0 Å². The molecular formula is C12H19NO4. The Morgan fingerprint density at radius 3 is 2.47 bits per heavy atom. The quantitative estimate of drug-likeness (QED) is 0.724. The summed E-state index contributed by atoms with van der Waals surface area (Å²) in [6, 6.07) is -0.286. The molecule has 0 bridgehead atoms. The molecule has 1 amide bonds. The first-order valence-electron chi connectivity index (χ1n) is 5.55. The predicted octanol–water partition coefficient (Wildman–Crippen LogP) is 1.93. The average Bonchev–Trinajstić information content (AvgIpc) is 2.45. The van der Waals surface area contributed by atoms with Gasteiger partial charge in [-0.15, -0.1) is 0 Å². The summed E-state index contributed by atoms with van der Waals surface area (Å²) >= 11 is 0. The molecule has 0 spiro atoms. The zero-order valence-corrected chi connectivity index (χ0v) is 10.6. The molecule has 0 radical (unpaired) electrons. The lowest BCUT2D eigenvalue weighted by molar-refractivity contribution is -0.145. The molecule has 0 aromatic heterocycles. The van der Waals surface area contributed by atoms with E-state index in [1.165, 1.54) is 0 Å². The second kappa shape index (κ2) is 4.39. The van der Waals surface area contributed by atoms with Gasteiger partial charge in [0.2, 0.25) is 0 Å². The molecule has 1 aliphatic carbocycles. The van der Waals surface area contributed by atoms with Crippen molar-refractivity contribution >= 4 is 12.1 Å². The van der Waals surface area contributed by atoms with Crippen molar-refractivity contribution in [3.8, 4) is 0 Å². The zero-order chi connectivity index (χ0) is 13.3. The van der Waals surface area contributed by atoms with Gasteiger partial charge in [0.25, 0.3) is 0 Å². The standard InChI is InChI=1S/C12H19NO4/c1-11(2,3)17-10(16)13-8-5-6-12(4,7-8)9(14)15/h5-6,8H,7H2,1-4H3,(H,13,16)(H,14,15)/t8-,12+/m0/s1. The van der Waals surface area contributed by atoms with E-state index < -0.39 is 23.1 Å². The molecule has 0 aromatic rings. The Labute approximate surface area is 101 Å². The Bertz CT molecular complexity index is 356. The Hall–Kier alpha value is -1.52. The predicted molar refractivity (Wildman–Crippen MR) is 62.7 cm³/mol. The maximum atomic E-state index is 11.5. The summed E-state index contributed by atoms with van der Waals surface area (Å²) < 4.78 is 5.10. The van der Waals surface area contributed by atoms with Gasteiger partial charge in [0.1, 0.15) is 5.60 Å². The molecule has 5 heteroatoms. The lowest BCUT2D eigenvalue weighted by Crippen LogP contribution is -2.39. The number of carboxylic acids is 1. The van der Waals surface area contributed by atoms with Crippen LogP contribution in [0, 0.1) is 5.41 Å². The first-order valence-corrected chi connectivity index (χ1v) is 5.55. The summed E-state index contributed by atoms with van der Waals surface area (Å²) in [5.74, 6) is -0.887. The molecule has 0 aromatic carbocycles. The fraction of sp³-hybridized carbons (Fsp3) is 0.667. The molecule has 0 fully saturated rings. The fourth-order valence-electron chi connectivity index (χ4n) is 1.64. The van der Waals surface area contributed by atoms with Crippen molar-refractivity contribution in [3.05, 3.63) is 12.2 Å². The van der Waals surface area contributed by atoms with E-state index in [4.69, 9.17) is 9.84 Å². The number of rotatable bonds is 2. The van der Waals surface area contributed by atoms with Crippen molar-refractivity contribution in [2.75, 3.05) is 0 Å². The number of hydrogen-bond acceptors (Lipinski definition) is 3. The molecule has 2 N–H and O–H groups in total. The van der Waals surface area contributed by atoms with E-state index in [1.54, 1.807) is 39.8 Å². The molecule has 1 aliphatic rings. The van der Waals surface area contributed by atoms with E-state index >= 15 is 0 Å². The number of carbonyl (C=O) groups is 2. The molecule has 0 heterocycles. The summed E-state index contributed by atoms with van der Waals surface area (Å²) in [6.07, 6.45) is 3.12. The SMILES string of the molecule is CC(C)(C)OC(=O)N[C@H]1C=C[C@@](C)(C(=O)O)C1. The molecule has 17 heavy (non-hydrogen) atoms. The van der Waals surface area contributed by atoms with Crippen molar-refractivity contribution in [2.45, 2.75) is 45.8 Å². The molecule has 0 saturated heterocycles. The van der Waals surface area contributed by atoms with Crippen LogP contribution < -0.4 is 5.32 Å². The zero-order valence-electron chi connectivity index (χ0n) is 10.6.